The highest BCUT2D eigenvalue weighted by Crippen LogP contribution is 2.27. The smallest absolute Gasteiger partial charge is 0.294 e. The summed E-state index contributed by atoms with van der Waals surface area (Å²) in [7, 11) is 0. The van der Waals surface area contributed by atoms with Crippen LogP contribution in [0.2, 0.25) is 0 Å². The molecule has 1 aliphatic heterocycles. The molecular formula is C14H21N5O3S. The molecule has 1 aliphatic rings. The van der Waals surface area contributed by atoms with E-state index in [0.29, 0.717) is 43.3 Å². The van der Waals surface area contributed by atoms with Crippen LogP contribution in [-0.4, -0.2) is 51.6 Å². The molecule has 0 N–H and O–H groups in total. The second-order valence-electron chi connectivity index (χ2n) is 5.60. The molecule has 0 aliphatic carbocycles. The van der Waals surface area contributed by atoms with Crippen molar-refractivity contribution >= 4 is 11.3 Å². The van der Waals surface area contributed by atoms with Crippen LogP contribution in [0.5, 0.6) is 5.19 Å². The third-order valence-corrected chi connectivity index (χ3v) is 4.36. The Labute approximate surface area is 138 Å². The first-order chi connectivity index (χ1) is 11.2. The second kappa shape index (κ2) is 7.33. The van der Waals surface area contributed by atoms with Crippen molar-refractivity contribution in [3.05, 3.63) is 16.7 Å². The summed E-state index contributed by atoms with van der Waals surface area (Å²) in [5, 5.41) is 13.9. The van der Waals surface area contributed by atoms with Gasteiger partial charge in [0.25, 0.3) is 5.19 Å². The Bertz CT molecular complexity index is 629. The van der Waals surface area contributed by atoms with Crippen LogP contribution in [0.15, 0.2) is 4.52 Å². The fourth-order valence-corrected chi connectivity index (χ4v) is 3.11. The van der Waals surface area contributed by atoms with E-state index in [1.807, 2.05) is 20.8 Å². The summed E-state index contributed by atoms with van der Waals surface area (Å²) in [5.74, 6) is 1.54. The van der Waals surface area contributed by atoms with Crippen LogP contribution >= 0.6 is 11.3 Å². The highest BCUT2D eigenvalue weighted by Gasteiger charge is 2.30. The Hall–Kier alpha value is -1.58. The van der Waals surface area contributed by atoms with Crippen LogP contribution in [0.3, 0.4) is 0 Å². The topological polar surface area (TPSA) is 86.4 Å². The van der Waals surface area contributed by atoms with Crippen LogP contribution in [0, 0.1) is 0 Å². The van der Waals surface area contributed by atoms with E-state index in [1.54, 1.807) is 0 Å². The largest absolute Gasteiger partial charge is 0.469 e. The molecule has 1 saturated heterocycles. The summed E-state index contributed by atoms with van der Waals surface area (Å²) in [6.45, 7) is 9.28. The van der Waals surface area contributed by atoms with Crippen LogP contribution in [0.25, 0.3) is 0 Å². The molecule has 9 heteroatoms. The molecule has 1 atom stereocenters. The lowest BCUT2D eigenvalue weighted by Gasteiger charge is -2.32. The van der Waals surface area contributed by atoms with Crippen LogP contribution in [0.4, 0.5) is 0 Å². The zero-order valence-electron chi connectivity index (χ0n) is 13.6. The van der Waals surface area contributed by atoms with E-state index < -0.39 is 0 Å². The lowest BCUT2D eigenvalue weighted by Crippen LogP contribution is -2.39. The Kier molecular flexibility index (Phi) is 5.19. The number of morpholine rings is 1. The van der Waals surface area contributed by atoms with Gasteiger partial charge in [-0.05, 0) is 6.92 Å². The molecule has 2 aromatic heterocycles. The van der Waals surface area contributed by atoms with Crippen molar-refractivity contribution in [1.29, 1.82) is 0 Å². The number of nitrogens with zero attached hydrogens (tertiary/aromatic N) is 5. The monoisotopic (exact) mass is 339 g/mol. The van der Waals surface area contributed by atoms with Gasteiger partial charge >= 0.3 is 0 Å². The highest BCUT2D eigenvalue weighted by atomic mass is 32.1. The lowest BCUT2D eigenvalue weighted by molar-refractivity contribution is -0.0167. The summed E-state index contributed by atoms with van der Waals surface area (Å²) >= 11 is 1.47. The minimum atomic E-state index is -0.0283. The van der Waals surface area contributed by atoms with Crippen molar-refractivity contribution in [1.82, 2.24) is 25.2 Å². The molecule has 0 unspecified atom stereocenters. The maximum Gasteiger partial charge on any atom is 0.294 e. The van der Waals surface area contributed by atoms with Crippen molar-refractivity contribution in [3.8, 4) is 5.19 Å². The van der Waals surface area contributed by atoms with Crippen molar-refractivity contribution < 1.29 is 14.0 Å². The van der Waals surface area contributed by atoms with E-state index in [4.69, 9.17) is 14.0 Å². The molecule has 0 radical (unpaired) electrons. The molecular weight excluding hydrogens is 318 g/mol. The van der Waals surface area contributed by atoms with Gasteiger partial charge in [-0.15, -0.1) is 10.2 Å². The zero-order chi connectivity index (χ0) is 16.2. The van der Waals surface area contributed by atoms with Gasteiger partial charge in [0.15, 0.2) is 5.82 Å². The summed E-state index contributed by atoms with van der Waals surface area (Å²) in [6, 6.07) is -0.0283. The van der Waals surface area contributed by atoms with Gasteiger partial charge < -0.3 is 14.0 Å². The normalized spacial score (nSPS) is 19.4. The number of hydrogen-bond acceptors (Lipinski definition) is 9. The molecule has 0 spiro atoms. The van der Waals surface area contributed by atoms with Crippen molar-refractivity contribution in [2.24, 2.45) is 0 Å². The van der Waals surface area contributed by atoms with E-state index in [1.165, 1.54) is 11.3 Å². The Morgan fingerprint density at radius 1 is 1.39 bits per heavy atom. The molecule has 126 valence electrons. The van der Waals surface area contributed by atoms with E-state index >= 15 is 0 Å². The van der Waals surface area contributed by atoms with Crippen molar-refractivity contribution in [3.63, 3.8) is 0 Å². The maximum absolute atomic E-state index is 5.60. The molecule has 0 saturated carbocycles. The predicted molar refractivity (Wildman–Crippen MR) is 83.4 cm³/mol. The Morgan fingerprint density at radius 2 is 2.26 bits per heavy atom. The lowest BCUT2D eigenvalue weighted by atomic mass is 10.2. The molecule has 3 rings (SSSR count). The van der Waals surface area contributed by atoms with E-state index in [2.05, 4.69) is 25.2 Å². The van der Waals surface area contributed by atoms with Gasteiger partial charge in [0.2, 0.25) is 5.89 Å². The van der Waals surface area contributed by atoms with Crippen LogP contribution in [0.1, 0.15) is 49.5 Å². The van der Waals surface area contributed by atoms with Gasteiger partial charge in [-0.25, -0.2) is 0 Å². The zero-order valence-corrected chi connectivity index (χ0v) is 14.4. The number of rotatable bonds is 6. The van der Waals surface area contributed by atoms with Gasteiger partial charge in [-0.3, -0.25) is 4.90 Å². The Morgan fingerprint density at radius 3 is 3.00 bits per heavy atom. The first kappa shape index (κ1) is 16.3. The fourth-order valence-electron chi connectivity index (χ4n) is 2.34. The van der Waals surface area contributed by atoms with E-state index in [0.717, 1.165) is 11.6 Å². The molecule has 3 heterocycles. The number of ether oxygens (including phenoxy) is 2. The van der Waals surface area contributed by atoms with Gasteiger partial charge in [0.05, 0.1) is 32.4 Å². The molecule has 1 fully saturated rings. The first-order valence-electron chi connectivity index (χ1n) is 7.77. The van der Waals surface area contributed by atoms with E-state index in [-0.39, 0.29) is 12.0 Å². The van der Waals surface area contributed by atoms with Gasteiger partial charge in [-0.2, -0.15) is 4.98 Å². The summed E-state index contributed by atoms with van der Waals surface area (Å²) in [4.78, 5) is 6.75. The van der Waals surface area contributed by atoms with Gasteiger partial charge in [-0.1, -0.05) is 30.3 Å². The minimum absolute atomic E-state index is 0.0283. The van der Waals surface area contributed by atoms with Crippen molar-refractivity contribution in [2.75, 3.05) is 26.4 Å². The van der Waals surface area contributed by atoms with E-state index in [9.17, 15) is 0 Å². The highest BCUT2D eigenvalue weighted by molar-refractivity contribution is 7.13. The van der Waals surface area contributed by atoms with Crippen LogP contribution in [-0.2, 0) is 11.3 Å². The first-order valence-corrected chi connectivity index (χ1v) is 8.59. The summed E-state index contributed by atoms with van der Waals surface area (Å²) < 4.78 is 16.3. The van der Waals surface area contributed by atoms with Gasteiger partial charge in [0, 0.05) is 12.5 Å². The standard InChI is InChI=1S/C14H21N5O3S/c1-4-21-14-17-16-11(23-14)7-19-5-6-20-8-10(19)12-15-13(9(2)3)22-18-12/h9-10H,4-8H2,1-3H3/t10-/m1/s1. The maximum atomic E-state index is 5.60. The minimum Gasteiger partial charge on any atom is -0.469 e. The number of hydrogen-bond donors (Lipinski definition) is 0. The predicted octanol–water partition coefficient (Wildman–Crippen LogP) is 2.02. The summed E-state index contributed by atoms with van der Waals surface area (Å²) in [6.07, 6.45) is 0. The third-order valence-electron chi connectivity index (χ3n) is 3.54. The van der Waals surface area contributed by atoms with Crippen molar-refractivity contribution in [2.45, 2.75) is 39.3 Å². The van der Waals surface area contributed by atoms with Crippen LogP contribution < -0.4 is 4.74 Å². The molecule has 0 bridgehead atoms. The average molecular weight is 339 g/mol. The Balaban J connectivity index is 1.72. The third kappa shape index (κ3) is 3.85. The second-order valence-corrected chi connectivity index (χ2v) is 6.63. The molecule has 0 amide bonds. The fraction of sp³-hybridized carbons (Fsp3) is 0.714. The molecule has 0 aromatic carbocycles. The molecule has 2 aromatic rings. The molecule has 23 heavy (non-hydrogen) atoms. The average Bonchev–Trinajstić information content (AvgIpc) is 3.18. The molecule has 8 nitrogen and oxygen atoms in total. The van der Waals surface area contributed by atoms with Gasteiger partial charge in [0.1, 0.15) is 5.01 Å². The number of aromatic nitrogens is 4. The SMILES string of the molecule is CCOc1nnc(CN2CCOC[C@@H]2c2noc(C(C)C)n2)s1. The summed E-state index contributed by atoms with van der Waals surface area (Å²) in [5.41, 5.74) is 0. The quantitative estimate of drug-likeness (QED) is 0.790.